The van der Waals surface area contributed by atoms with Gasteiger partial charge in [-0.05, 0) is 48.7 Å². The number of carbonyl (C=O) groups excluding carboxylic acids is 2. The van der Waals surface area contributed by atoms with Crippen LogP contribution in [0, 0.1) is 0 Å². The first-order chi connectivity index (χ1) is 17.0. The van der Waals surface area contributed by atoms with Crippen molar-refractivity contribution < 1.29 is 14.3 Å². The first-order valence-corrected chi connectivity index (χ1v) is 11.9. The Kier molecular flexibility index (Phi) is 6.30. The van der Waals surface area contributed by atoms with Crippen molar-refractivity contribution in [1.29, 1.82) is 0 Å². The van der Waals surface area contributed by atoms with Gasteiger partial charge in [-0.3, -0.25) is 9.59 Å². The van der Waals surface area contributed by atoms with Gasteiger partial charge in [0.2, 0.25) is 5.90 Å². The van der Waals surface area contributed by atoms with E-state index < -0.39 is 0 Å². The van der Waals surface area contributed by atoms with E-state index in [-0.39, 0.29) is 5.91 Å². The number of fused-ring (bicyclic) bond motifs is 1. The highest BCUT2D eigenvalue weighted by atomic mass is 35.5. The lowest BCUT2D eigenvalue weighted by Crippen LogP contribution is -2.34. The molecule has 3 aromatic rings. The fourth-order valence-corrected chi connectivity index (χ4v) is 4.69. The van der Waals surface area contributed by atoms with Crippen molar-refractivity contribution >= 4 is 35.4 Å². The Morgan fingerprint density at radius 3 is 2.83 bits per heavy atom. The number of hydrogen-bond acceptors (Lipinski definition) is 6. The summed E-state index contributed by atoms with van der Waals surface area (Å²) in [7, 11) is 3.81. The third-order valence-corrected chi connectivity index (χ3v) is 6.74. The maximum atomic E-state index is 12.6. The molecule has 3 heterocycles. The Bertz CT molecular complexity index is 1330. The number of aldehydes is 1. The Morgan fingerprint density at radius 2 is 2.09 bits per heavy atom. The maximum absolute atomic E-state index is 12.6. The largest absolute Gasteiger partial charge is 0.474 e. The van der Waals surface area contributed by atoms with Crippen LogP contribution in [0.1, 0.15) is 37.7 Å². The van der Waals surface area contributed by atoms with E-state index in [2.05, 4.69) is 9.89 Å². The van der Waals surface area contributed by atoms with Crippen LogP contribution in [0.25, 0.3) is 5.69 Å². The summed E-state index contributed by atoms with van der Waals surface area (Å²) < 4.78 is 7.30. The molecule has 35 heavy (non-hydrogen) atoms. The number of aliphatic imine (C=N–C) groups is 1. The van der Waals surface area contributed by atoms with E-state index in [0.29, 0.717) is 54.1 Å². The number of aromatic nitrogens is 2. The van der Waals surface area contributed by atoms with E-state index in [1.54, 1.807) is 21.7 Å². The highest BCUT2D eigenvalue weighted by Gasteiger charge is 2.26. The number of ether oxygens (including phenoxy) is 1. The van der Waals surface area contributed by atoms with Gasteiger partial charge in [-0.25, -0.2) is 9.67 Å². The van der Waals surface area contributed by atoms with E-state index >= 15 is 0 Å². The lowest BCUT2D eigenvalue weighted by Gasteiger charge is -2.27. The number of carbonyl (C=O) groups is 2. The third kappa shape index (κ3) is 4.41. The number of anilines is 1. The summed E-state index contributed by atoms with van der Waals surface area (Å²) in [5.41, 5.74) is 5.24. The van der Waals surface area contributed by atoms with E-state index in [0.717, 1.165) is 41.6 Å². The smallest absolute Gasteiger partial charge is 0.253 e. The molecule has 0 radical (unpaired) electrons. The van der Waals surface area contributed by atoms with E-state index in [1.807, 2.05) is 44.4 Å². The second kappa shape index (κ2) is 9.54. The molecule has 0 unspecified atom stereocenters. The molecule has 2 aromatic carbocycles. The van der Waals surface area contributed by atoms with Gasteiger partial charge in [-0.15, -0.1) is 0 Å². The quantitative estimate of drug-likeness (QED) is 0.473. The molecule has 0 atom stereocenters. The van der Waals surface area contributed by atoms with Crippen molar-refractivity contribution in [3.8, 4) is 5.69 Å². The lowest BCUT2D eigenvalue weighted by atomic mass is 9.98. The van der Waals surface area contributed by atoms with Crippen LogP contribution >= 0.6 is 11.6 Å². The second-order valence-corrected chi connectivity index (χ2v) is 9.18. The van der Waals surface area contributed by atoms with Gasteiger partial charge in [0, 0.05) is 49.0 Å². The summed E-state index contributed by atoms with van der Waals surface area (Å²) in [5, 5.41) is 5.26. The SMILES string of the molecule is CN1CCc2ccc(N(C)CCc3c(C4=NCCO4)nn(-c4cccc(Cl)c4)c3C=O)cc2C1=O. The summed E-state index contributed by atoms with van der Waals surface area (Å²) in [6.07, 6.45) is 2.21. The van der Waals surface area contributed by atoms with Gasteiger partial charge in [0.1, 0.15) is 12.3 Å². The molecule has 1 aromatic heterocycles. The van der Waals surface area contributed by atoms with Crippen molar-refractivity contribution in [2.24, 2.45) is 4.99 Å². The zero-order chi connectivity index (χ0) is 24.5. The lowest BCUT2D eigenvalue weighted by molar-refractivity contribution is 0.0781. The van der Waals surface area contributed by atoms with Crippen LogP contribution in [0.5, 0.6) is 0 Å². The molecule has 0 fully saturated rings. The molecule has 2 aliphatic heterocycles. The zero-order valence-corrected chi connectivity index (χ0v) is 20.5. The molecule has 0 bridgehead atoms. The number of rotatable bonds is 7. The van der Waals surface area contributed by atoms with Crippen molar-refractivity contribution in [3.63, 3.8) is 0 Å². The molecule has 0 saturated heterocycles. The minimum atomic E-state index is 0.0474. The number of likely N-dealkylation sites (N-methyl/N-ethyl adjacent to an activating group) is 2. The predicted octanol–water partition coefficient (Wildman–Crippen LogP) is 3.42. The number of benzene rings is 2. The molecule has 180 valence electrons. The Balaban J connectivity index is 1.46. The van der Waals surface area contributed by atoms with Crippen molar-refractivity contribution in [3.05, 3.63) is 75.6 Å². The highest BCUT2D eigenvalue weighted by Crippen LogP contribution is 2.26. The van der Waals surface area contributed by atoms with Crippen LogP contribution < -0.4 is 4.90 Å². The van der Waals surface area contributed by atoms with Gasteiger partial charge >= 0.3 is 0 Å². The first kappa shape index (κ1) is 23.1. The van der Waals surface area contributed by atoms with Gasteiger partial charge in [-0.1, -0.05) is 23.7 Å². The van der Waals surface area contributed by atoms with Gasteiger partial charge in [-0.2, -0.15) is 5.10 Å². The second-order valence-electron chi connectivity index (χ2n) is 8.75. The minimum Gasteiger partial charge on any atom is -0.474 e. The summed E-state index contributed by atoms with van der Waals surface area (Å²) in [5.74, 6) is 0.500. The van der Waals surface area contributed by atoms with Gasteiger partial charge < -0.3 is 14.5 Å². The van der Waals surface area contributed by atoms with Crippen molar-refractivity contribution in [2.75, 3.05) is 45.2 Å². The van der Waals surface area contributed by atoms with Crippen LogP contribution in [-0.4, -0.2) is 73.1 Å². The number of amides is 1. The number of halogens is 1. The van der Waals surface area contributed by atoms with Crippen LogP contribution in [0.15, 0.2) is 47.5 Å². The van der Waals surface area contributed by atoms with Crippen LogP contribution in [0.4, 0.5) is 5.69 Å². The molecule has 0 aliphatic carbocycles. The minimum absolute atomic E-state index is 0.0474. The normalized spacial score (nSPS) is 15.0. The van der Waals surface area contributed by atoms with E-state index in [1.165, 1.54) is 0 Å². The molecule has 8 nitrogen and oxygen atoms in total. The van der Waals surface area contributed by atoms with Crippen molar-refractivity contribution in [1.82, 2.24) is 14.7 Å². The van der Waals surface area contributed by atoms with E-state index in [4.69, 9.17) is 21.4 Å². The summed E-state index contributed by atoms with van der Waals surface area (Å²) in [6, 6.07) is 13.2. The Hall–Kier alpha value is -3.65. The Morgan fingerprint density at radius 1 is 1.23 bits per heavy atom. The monoisotopic (exact) mass is 491 g/mol. The molecular weight excluding hydrogens is 466 g/mol. The summed E-state index contributed by atoms with van der Waals surface area (Å²) in [4.78, 5) is 33.1. The fraction of sp³-hybridized carbons (Fsp3) is 0.308. The molecule has 9 heteroatoms. The molecular formula is C26H26ClN5O3. The summed E-state index contributed by atoms with van der Waals surface area (Å²) in [6.45, 7) is 2.39. The topological polar surface area (TPSA) is 80.0 Å². The molecule has 0 spiro atoms. The predicted molar refractivity (Wildman–Crippen MR) is 135 cm³/mol. The third-order valence-electron chi connectivity index (χ3n) is 6.50. The maximum Gasteiger partial charge on any atom is 0.253 e. The van der Waals surface area contributed by atoms with Crippen molar-refractivity contribution in [2.45, 2.75) is 12.8 Å². The highest BCUT2D eigenvalue weighted by molar-refractivity contribution is 6.30. The van der Waals surface area contributed by atoms with Crippen LogP contribution in [0.3, 0.4) is 0 Å². The molecule has 0 N–H and O–H groups in total. The zero-order valence-electron chi connectivity index (χ0n) is 19.7. The van der Waals surface area contributed by atoms with Crippen LogP contribution in [0.2, 0.25) is 5.02 Å². The average molecular weight is 492 g/mol. The number of hydrogen-bond donors (Lipinski definition) is 0. The van der Waals surface area contributed by atoms with Gasteiger partial charge in [0.05, 0.1) is 12.2 Å². The molecule has 5 rings (SSSR count). The average Bonchev–Trinajstić information content (AvgIpc) is 3.52. The van der Waals surface area contributed by atoms with Crippen LogP contribution in [-0.2, 0) is 17.6 Å². The van der Waals surface area contributed by atoms with Gasteiger partial charge in [0.15, 0.2) is 12.0 Å². The fourth-order valence-electron chi connectivity index (χ4n) is 4.51. The Labute approximate surface area is 208 Å². The molecule has 0 saturated carbocycles. The summed E-state index contributed by atoms with van der Waals surface area (Å²) >= 11 is 6.19. The number of nitrogens with zero attached hydrogens (tertiary/aromatic N) is 5. The van der Waals surface area contributed by atoms with E-state index in [9.17, 15) is 9.59 Å². The first-order valence-electron chi connectivity index (χ1n) is 11.6. The molecule has 1 amide bonds. The molecule has 2 aliphatic rings. The van der Waals surface area contributed by atoms with Gasteiger partial charge in [0.25, 0.3) is 5.91 Å². The standard InChI is InChI=1S/C26H26ClN5O3/c1-30(19-7-6-17-8-11-31(2)26(34)22(17)15-19)12-9-21-23(16-33)32(20-5-3-4-18(27)14-20)29-24(21)25-28-10-13-35-25/h3-7,14-16H,8-13H2,1-2H3.